The zero-order valence-corrected chi connectivity index (χ0v) is 105. The Morgan fingerprint density at radius 2 is 0.365 bits per heavy atom. The van der Waals surface area contributed by atoms with Gasteiger partial charge in [-0.15, -0.1) is 0 Å². The number of ether oxygens (including phenoxy) is 8. The number of fused-ring (bicyclic) bond motifs is 1. The Hall–Kier alpha value is 10.2. The second-order valence-corrected chi connectivity index (χ2v) is 35.0. The van der Waals surface area contributed by atoms with E-state index in [-0.39, 0.29) is 414 Å². The van der Waals surface area contributed by atoms with E-state index in [4.69, 9.17) is 37.9 Å². The van der Waals surface area contributed by atoms with Crippen molar-refractivity contribution in [3.05, 3.63) is 36.4 Å². The Kier molecular flexibility index (Phi) is 75.8. The molecule has 4 fully saturated rings. The maximum Gasteiger partial charge on any atom is 1.00 e. The van der Waals surface area contributed by atoms with E-state index in [1.54, 1.807) is 0 Å². The van der Waals surface area contributed by atoms with Gasteiger partial charge >= 0.3 is 414 Å². The summed E-state index contributed by atoms with van der Waals surface area (Å²) < 4.78 is 604. The predicted molar refractivity (Wildman–Crippen MR) is 298 cm³/mol. The minimum Gasteiger partial charge on any atom is -0.726 e. The topological polar surface area (TPSA) is 1000 Å². The molecule has 0 spiro atoms. The van der Waals surface area contributed by atoms with Gasteiger partial charge in [-0.1, -0.05) is 12.1 Å². The first-order chi connectivity index (χ1) is 50.1. The Morgan fingerprint density at radius 1 is 0.206 bits per heavy atom. The van der Waals surface area contributed by atoms with Crippen molar-refractivity contribution < 1.29 is 692 Å². The molecule has 0 radical (unpaired) electrons. The van der Waals surface area contributed by atoms with Crippen LogP contribution in [0.5, 0.6) is 11.5 Å². The zero-order valence-electron chi connectivity index (χ0n) is 65.7. The molecule has 0 N–H and O–H groups in total. The SMILES string of the molecule is O=S(=O)([O-])OC[C@H]1O[C@@H](Oc2ccc3cc(O[C@@H]4O[C@H](COS(=O)(=O)[O-])[C@@H](O[C@@H]5O[C@H](COS(=O)(=O)[O-])[C@@H](OS(=O)(=O)[O-])[C@H](OS(=O)(=O)[O-])[C@H]5OS(=O)(=O)[O-])[C@H](OS(=O)(=O)[O-])[C@H]4OS(=O)(=O)[O-])ccc3c2)[C@H](OS(=O)(=O)[O-])[C@@H](OS(=O)(=O)[O-])[C@@H]1O[C@@H]1O[C@H](COS(=O)(=O)[O-])[C@@H](OS(=O)(=O)[O-])[C@H](OS(=O)(=O)[O-])[C@H]1OS(=O)(=O)[O-].[Na+].[Na+].[Na+].[Na+].[Na+].[Na+].[Na+].[Na+].[Na+].[Na+].[Na+].[Na+].[Na+].[Na+]. The van der Waals surface area contributed by atoms with Gasteiger partial charge in [0, 0.05) is 0 Å². The van der Waals surface area contributed by atoms with Crippen molar-refractivity contribution in [1.29, 1.82) is 0 Å². The minimum absolute atomic E-state index is 0. The molecule has 4 heterocycles. The van der Waals surface area contributed by atoms with E-state index in [1.807, 2.05) is 0 Å². The first-order valence-electron chi connectivity index (χ1n) is 26.7. The first-order valence-corrected chi connectivity index (χ1v) is 45.4. The predicted octanol–water partition coefficient (Wildman–Crippen LogP) is -56.3. The molecule has 2 aromatic rings. The molecule has 2 aromatic carbocycles. The molecule has 0 bridgehead atoms. The fourth-order valence-corrected chi connectivity index (χ4v) is 15.8. The van der Waals surface area contributed by atoms with E-state index in [2.05, 4.69) is 58.6 Å². The number of rotatable bonds is 40. The molecule has 652 valence electrons. The van der Waals surface area contributed by atoms with Crippen LogP contribution in [0.4, 0.5) is 0 Å². The Labute approximate surface area is 1020 Å². The molecule has 64 nitrogen and oxygen atoms in total. The minimum atomic E-state index is -6.75. The molecule has 92 heteroatoms. The van der Waals surface area contributed by atoms with Crippen LogP contribution in [0.2, 0.25) is 0 Å². The third kappa shape index (κ3) is 58.3. The quantitative estimate of drug-likeness (QED) is 0.0340. The molecule has 4 aliphatic rings. The van der Waals surface area contributed by atoms with Gasteiger partial charge in [0.2, 0.25) is 158 Å². The van der Waals surface area contributed by atoms with Gasteiger partial charge in [0.25, 0.3) is 0 Å². The summed E-state index contributed by atoms with van der Waals surface area (Å²) in [6.45, 7) is -8.76. The first kappa shape index (κ1) is 154. The maximum absolute atomic E-state index is 12.5. The van der Waals surface area contributed by atoms with Crippen molar-refractivity contribution in [3.8, 4) is 11.5 Å². The molecule has 20 atom stereocenters. The zero-order chi connectivity index (χ0) is 85.5. The third-order valence-corrected chi connectivity index (χ3v) is 19.3. The van der Waals surface area contributed by atoms with Crippen LogP contribution in [0, 0.1) is 0 Å². The van der Waals surface area contributed by atoms with Gasteiger partial charge in [-0.25, -0.2) is 118 Å². The fourth-order valence-electron chi connectivity index (χ4n) is 9.76. The summed E-state index contributed by atoms with van der Waals surface area (Å²) in [5.41, 5.74) is 0. The van der Waals surface area contributed by atoms with Gasteiger partial charge in [0.05, 0.1) is 26.4 Å². The van der Waals surface area contributed by atoms with Gasteiger partial charge in [0.15, 0.2) is 37.0 Å². The Morgan fingerprint density at radius 3 is 0.556 bits per heavy atom. The summed E-state index contributed by atoms with van der Waals surface area (Å²) in [7, 11) is -91.6. The maximum atomic E-state index is 12.5. The summed E-state index contributed by atoms with van der Waals surface area (Å²) in [5, 5.41) is -0.896. The van der Waals surface area contributed by atoms with E-state index in [1.165, 1.54) is 0 Å². The van der Waals surface area contributed by atoms with Gasteiger partial charge in [-0.05, 0) is 35.0 Å². The van der Waals surface area contributed by atoms with Crippen molar-refractivity contribution in [1.82, 2.24) is 0 Å². The molecule has 126 heavy (non-hydrogen) atoms. The molecule has 0 aliphatic carbocycles. The number of hydrogen-bond acceptors (Lipinski definition) is 64. The van der Waals surface area contributed by atoms with Crippen molar-refractivity contribution in [3.63, 3.8) is 0 Å². The standard InChI is InChI=1S/C34H48O64S14.14Na/c35-99(36,37)77-7-15-19(87-33-29(97-111(71,72)73)25(93-107(59,60)61)21(89-103(47,48)49)17(85-33)9-79-101(41,42)43)23(91-105(53,54)55)27(95-109(65,66)67)31(83-15)81-13-3-1-11-5-14(4-2-12(11)6-13)82-32-28(96-110(68,69)70)24(92-106(56,57)58)20(16(84-32)8-78-100(38,39)40)88-34-30(98-112(74,75)76)26(94-108(62,63)64)22(90-104(50,51)52)18(86-34)10-80-102(44,45)46;;;;;;;;;;;;;;/h1-6,15-34H,7-10H2,(H,35,36,37)(H,38,39,40)(H,41,42,43)(H,44,45,46)(H,47,48,49)(H,50,51,52)(H,53,54,55)(H,56,57,58)(H,59,60,61)(H,62,63,64)(H,65,66,67)(H,68,69,70)(H,71,72,73)(H,74,75,76);;;;;;;;;;;;;;/q;14*+1/p-14/t15-,16-,17-,18-,19-,20-,21-,22-,23+,24+,25+,26+,27-,28-,29-,30-,31-,32-,33+,34+;;;;;;;;;;;;;;/m1............../s1. The summed E-state index contributed by atoms with van der Waals surface area (Å²) in [6, 6.07) is 3.78. The average molecular weight is 2240 g/mol. The van der Waals surface area contributed by atoms with E-state index in [9.17, 15) is 182 Å². The Balaban J connectivity index is -0.00000140. The second-order valence-electron chi connectivity index (χ2n) is 20.7. The number of benzene rings is 2. The van der Waals surface area contributed by atoms with Gasteiger partial charge in [-0.3, -0.25) is 58.6 Å². The Bertz CT molecular complexity index is 5150. The molecule has 0 aromatic heterocycles. The van der Waals surface area contributed by atoms with E-state index in [0.717, 1.165) is 0 Å². The molecule has 0 unspecified atom stereocenters. The smallest absolute Gasteiger partial charge is 0.726 e. The summed E-state index contributed by atoms with van der Waals surface area (Å²) >= 11 is 0. The van der Waals surface area contributed by atoms with Crippen molar-refractivity contribution in [2.75, 3.05) is 26.4 Å². The molecule has 0 amide bonds. The van der Waals surface area contributed by atoms with Gasteiger partial charge < -0.3 is 102 Å². The summed E-state index contributed by atoms with van der Waals surface area (Å²) in [6.07, 6.45) is -69.2. The van der Waals surface area contributed by atoms with Crippen LogP contribution in [0.15, 0.2) is 36.4 Å². The average Bonchev–Trinajstić information content (AvgIpc) is 0.756. The van der Waals surface area contributed by atoms with Crippen LogP contribution >= 0.6 is 0 Å². The normalized spacial score (nSPS) is 27.0. The van der Waals surface area contributed by atoms with Gasteiger partial charge in [0.1, 0.15) is 84.7 Å². The van der Waals surface area contributed by atoms with Crippen LogP contribution in [0.25, 0.3) is 10.8 Å². The monoisotopic (exact) mass is 2240 g/mol. The van der Waals surface area contributed by atoms with Crippen LogP contribution in [0.1, 0.15) is 0 Å². The van der Waals surface area contributed by atoms with E-state index >= 15 is 0 Å². The molecular formula is C34H34Na14O64S14. The molecule has 4 aliphatic heterocycles. The van der Waals surface area contributed by atoms with E-state index in [0.29, 0.717) is 36.4 Å². The summed E-state index contributed by atoms with van der Waals surface area (Å²) in [5.74, 6) is -1.95. The van der Waals surface area contributed by atoms with Crippen molar-refractivity contribution >= 4 is 156 Å². The van der Waals surface area contributed by atoms with Crippen LogP contribution in [0.3, 0.4) is 0 Å². The van der Waals surface area contributed by atoms with Gasteiger partial charge in [-0.2, -0.15) is 0 Å². The van der Waals surface area contributed by atoms with E-state index < -0.39 is 317 Å². The van der Waals surface area contributed by atoms with Crippen molar-refractivity contribution in [2.45, 2.75) is 123 Å². The molecule has 6 rings (SSSR count). The van der Waals surface area contributed by atoms with Crippen LogP contribution in [-0.2, 0) is 233 Å². The molecular weight excluding hydrogens is 2200 g/mol. The molecule has 4 saturated heterocycles. The van der Waals surface area contributed by atoms with Crippen LogP contribution < -0.4 is 423 Å². The number of hydrogen-bond donors (Lipinski definition) is 0. The van der Waals surface area contributed by atoms with Crippen molar-refractivity contribution in [2.24, 2.45) is 0 Å². The largest absolute Gasteiger partial charge is 1.00 e. The second kappa shape index (κ2) is 62.0. The third-order valence-electron chi connectivity index (χ3n) is 13.0. The van der Waals surface area contributed by atoms with Crippen LogP contribution in [-0.4, -0.2) is 331 Å². The fraction of sp³-hybridized carbons (Fsp3) is 0.706. The summed E-state index contributed by atoms with van der Waals surface area (Å²) in [4.78, 5) is 0. The molecule has 0 saturated carbocycles.